The minimum Gasteiger partial charge on any atom is -0.497 e. The first-order valence-electron chi connectivity index (χ1n) is 11.3. The van der Waals surface area contributed by atoms with Crippen LogP contribution in [0.1, 0.15) is 23.9 Å². The summed E-state index contributed by atoms with van der Waals surface area (Å²) in [6, 6.07) is 18.4. The zero-order valence-corrected chi connectivity index (χ0v) is 20.1. The van der Waals surface area contributed by atoms with Crippen molar-refractivity contribution in [1.29, 1.82) is 0 Å². The molecule has 5 rings (SSSR count). The van der Waals surface area contributed by atoms with E-state index in [-0.39, 0.29) is 24.3 Å². The van der Waals surface area contributed by atoms with Crippen molar-refractivity contribution in [3.8, 4) is 5.75 Å². The zero-order valence-electron chi connectivity index (χ0n) is 20.1. The highest BCUT2D eigenvalue weighted by atomic mass is 16.5. The average molecular weight is 484 g/mol. The molecule has 4 aromatic rings. The van der Waals surface area contributed by atoms with Crippen LogP contribution in [0, 0.1) is 6.92 Å². The van der Waals surface area contributed by atoms with Crippen LogP contribution in [0.2, 0.25) is 0 Å². The number of imide groups is 1. The van der Waals surface area contributed by atoms with Gasteiger partial charge in [0.1, 0.15) is 11.3 Å². The number of urea groups is 1. The molecule has 1 saturated heterocycles. The molecule has 0 spiro atoms. The third-order valence-corrected chi connectivity index (χ3v) is 6.21. The number of methoxy groups -OCH3 is 1. The Labute approximate surface area is 207 Å². The van der Waals surface area contributed by atoms with E-state index in [1.165, 1.54) is 0 Å². The number of benzene rings is 3. The standard InChI is InChI=1S/C26H25N7O3/c1-15-4-9-19(10-5-15)28-24-30-21(29-23(27)31-24)14-33-22(34)26(2,32-25(33)35)18-8-6-17-13-20(36-3)11-7-16(17)12-18/h4-13H,14H2,1-3H3,(H,32,35)(H3,27,28,29,30,31)/t26-/m0/s1. The number of nitrogen functional groups attached to an aromatic ring is 1. The summed E-state index contributed by atoms with van der Waals surface area (Å²) < 4.78 is 5.28. The van der Waals surface area contributed by atoms with Gasteiger partial charge in [-0.3, -0.25) is 9.69 Å². The summed E-state index contributed by atoms with van der Waals surface area (Å²) in [5.74, 6) is 0.726. The second kappa shape index (κ2) is 8.81. The first-order valence-corrected chi connectivity index (χ1v) is 11.3. The lowest BCUT2D eigenvalue weighted by atomic mass is 9.90. The quantitative estimate of drug-likeness (QED) is 0.354. The van der Waals surface area contributed by atoms with Crippen molar-refractivity contribution in [2.75, 3.05) is 18.2 Å². The van der Waals surface area contributed by atoms with E-state index in [4.69, 9.17) is 10.5 Å². The third kappa shape index (κ3) is 4.24. The van der Waals surface area contributed by atoms with Crippen LogP contribution in [0.5, 0.6) is 5.75 Å². The van der Waals surface area contributed by atoms with E-state index < -0.39 is 17.5 Å². The lowest BCUT2D eigenvalue weighted by Crippen LogP contribution is -2.40. The molecule has 1 aliphatic heterocycles. The van der Waals surface area contributed by atoms with Crippen LogP contribution in [0.3, 0.4) is 0 Å². The van der Waals surface area contributed by atoms with Gasteiger partial charge in [-0.15, -0.1) is 0 Å². The summed E-state index contributed by atoms with van der Waals surface area (Å²) in [6.45, 7) is 3.52. The van der Waals surface area contributed by atoms with Crippen LogP contribution in [-0.4, -0.2) is 38.9 Å². The maximum absolute atomic E-state index is 13.5. The largest absolute Gasteiger partial charge is 0.497 e. The normalized spacial score (nSPS) is 17.4. The molecule has 36 heavy (non-hydrogen) atoms. The van der Waals surface area contributed by atoms with E-state index in [1.54, 1.807) is 14.0 Å². The molecule has 0 saturated carbocycles. The number of aryl methyl sites for hydroxylation is 1. The Morgan fingerprint density at radius 3 is 2.47 bits per heavy atom. The number of nitrogens with zero attached hydrogens (tertiary/aromatic N) is 4. The minimum absolute atomic E-state index is 0.0191. The Hall–Kier alpha value is -4.73. The van der Waals surface area contributed by atoms with Gasteiger partial charge in [0.05, 0.1) is 13.7 Å². The van der Waals surface area contributed by atoms with E-state index >= 15 is 0 Å². The fourth-order valence-corrected chi connectivity index (χ4v) is 4.17. The number of hydrogen-bond donors (Lipinski definition) is 3. The van der Waals surface area contributed by atoms with E-state index in [2.05, 4.69) is 25.6 Å². The number of nitrogens with one attached hydrogen (secondary N) is 2. The molecule has 4 N–H and O–H groups in total. The number of hydrogen-bond acceptors (Lipinski definition) is 8. The van der Waals surface area contributed by atoms with Crippen LogP contribution >= 0.6 is 0 Å². The third-order valence-electron chi connectivity index (χ3n) is 6.21. The van der Waals surface area contributed by atoms with Crippen LogP contribution in [-0.2, 0) is 16.9 Å². The first kappa shape index (κ1) is 23.0. The van der Waals surface area contributed by atoms with Crippen molar-refractivity contribution in [2.24, 2.45) is 0 Å². The smallest absolute Gasteiger partial charge is 0.325 e. The van der Waals surface area contributed by atoms with Gasteiger partial charge >= 0.3 is 6.03 Å². The molecule has 0 unspecified atom stereocenters. The molecular formula is C26H25N7O3. The summed E-state index contributed by atoms with van der Waals surface area (Å²) in [5.41, 5.74) is 7.19. The SMILES string of the molecule is COc1ccc2cc([C@]3(C)NC(=O)N(Cc4nc(N)nc(Nc5ccc(C)cc5)n4)C3=O)ccc2c1. The number of nitrogens with two attached hydrogens (primary N) is 1. The van der Waals surface area contributed by atoms with E-state index in [9.17, 15) is 9.59 Å². The average Bonchev–Trinajstić information content (AvgIpc) is 3.08. The van der Waals surface area contributed by atoms with Crippen LogP contribution < -0.4 is 21.1 Å². The molecule has 1 fully saturated rings. The molecule has 2 heterocycles. The van der Waals surface area contributed by atoms with Gasteiger partial charge in [-0.2, -0.15) is 15.0 Å². The number of carbonyl (C=O) groups is 2. The Balaban J connectivity index is 1.39. The lowest BCUT2D eigenvalue weighted by Gasteiger charge is -2.22. The second-order valence-electron chi connectivity index (χ2n) is 8.80. The molecular weight excluding hydrogens is 458 g/mol. The molecule has 10 nitrogen and oxygen atoms in total. The summed E-state index contributed by atoms with van der Waals surface area (Å²) in [6.07, 6.45) is 0. The number of aromatic nitrogens is 3. The lowest BCUT2D eigenvalue weighted by molar-refractivity contribution is -0.131. The number of amides is 3. The monoisotopic (exact) mass is 483 g/mol. The summed E-state index contributed by atoms with van der Waals surface area (Å²) in [5, 5.41) is 7.78. The number of anilines is 3. The predicted octanol–water partition coefficient (Wildman–Crippen LogP) is 3.63. The molecule has 3 aromatic carbocycles. The number of ether oxygens (including phenoxy) is 1. The summed E-state index contributed by atoms with van der Waals surface area (Å²) in [4.78, 5) is 40.0. The van der Waals surface area contributed by atoms with Gasteiger partial charge in [0, 0.05) is 5.69 Å². The fraction of sp³-hybridized carbons (Fsp3) is 0.192. The topological polar surface area (TPSA) is 135 Å². The molecule has 1 aromatic heterocycles. The fourth-order valence-electron chi connectivity index (χ4n) is 4.17. The van der Waals surface area contributed by atoms with Crippen molar-refractivity contribution in [3.63, 3.8) is 0 Å². The molecule has 3 amide bonds. The first-order chi connectivity index (χ1) is 17.2. The Bertz CT molecular complexity index is 1490. The number of rotatable bonds is 6. The summed E-state index contributed by atoms with van der Waals surface area (Å²) >= 11 is 0. The molecule has 10 heteroatoms. The van der Waals surface area contributed by atoms with Gasteiger partial charge in [0.2, 0.25) is 11.9 Å². The maximum Gasteiger partial charge on any atom is 0.325 e. The molecule has 0 radical (unpaired) electrons. The Morgan fingerprint density at radius 1 is 1.00 bits per heavy atom. The summed E-state index contributed by atoms with van der Waals surface area (Å²) in [7, 11) is 1.61. The van der Waals surface area contributed by atoms with Crippen molar-refractivity contribution < 1.29 is 14.3 Å². The van der Waals surface area contributed by atoms with Crippen LogP contribution in [0.15, 0.2) is 60.7 Å². The Kier molecular flexibility index (Phi) is 5.63. The maximum atomic E-state index is 13.5. The van der Waals surface area contributed by atoms with Crippen molar-refractivity contribution >= 4 is 40.3 Å². The van der Waals surface area contributed by atoms with Crippen LogP contribution in [0.4, 0.5) is 22.4 Å². The number of carbonyl (C=O) groups excluding carboxylic acids is 2. The van der Waals surface area contributed by atoms with Crippen molar-refractivity contribution in [1.82, 2.24) is 25.2 Å². The Morgan fingerprint density at radius 2 is 1.72 bits per heavy atom. The highest BCUT2D eigenvalue weighted by Crippen LogP contribution is 2.32. The molecule has 0 aliphatic carbocycles. The van der Waals surface area contributed by atoms with Crippen molar-refractivity contribution in [2.45, 2.75) is 25.9 Å². The van der Waals surface area contributed by atoms with Gasteiger partial charge in [-0.25, -0.2) is 4.79 Å². The highest BCUT2D eigenvalue weighted by Gasteiger charge is 2.49. The van der Waals surface area contributed by atoms with E-state index in [1.807, 2.05) is 67.6 Å². The van der Waals surface area contributed by atoms with Gasteiger partial charge in [0.25, 0.3) is 5.91 Å². The van der Waals surface area contributed by atoms with Crippen LogP contribution in [0.25, 0.3) is 10.8 Å². The molecule has 1 atom stereocenters. The molecule has 0 bridgehead atoms. The zero-order chi connectivity index (χ0) is 25.4. The van der Waals surface area contributed by atoms with E-state index in [0.717, 1.165) is 32.7 Å². The number of fused-ring (bicyclic) bond motifs is 1. The van der Waals surface area contributed by atoms with Gasteiger partial charge in [-0.1, -0.05) is 35.9 Å². The van der Waals surface area contributed by atoms with E-state index in [0.29, 0.717) is 5.56 Å². The molecule has 182 valence electrons. The second-order valence-corrected chi connectivity index (χ2v) is 8.80. The highest BCUT2D eigenvalue weighted by molar-refractivity contribution is 6.07. The van der Waals surface area contributed by atoms with Gasteiger partial charge in [-0.05, 0) is 60.5 Å². The minimum atomic E-state index is -1.24. The van der Waals surface area contributed by atoms with Gasteiger partial charge in [0.15, 0.2) is 5.82 Å². The predicted molar refractivity (Wildman–Crippen MR) is 136 cm³/mol. The molecule has 1 aliphatic rings. The van der Waals surface area contributed by atoms with Crippen molar-refractivity contribution in [3.05, 3.63) is 77.6 Å². The van der Waals surface area contributed by atoms with Gasteiger partial charge < -0.3 is 21.1 Å².